The summed E-state index contributed by atoms with van der Waals surface area (Å²) in [5.74, 6) is 0.992. The largest absolute Gasteiger partial charge is 0.253 e. The molecule has 0 amide bonds. The van der Waals surface area contributed by atoms with Crippen LogP contribution < -0.4 is 0 Å². The lowest BCUT2D eigenvalue weighted by atomic mass is 9.89. The second-order valence-corrected chi connectivity index (χ2v) is 6.29. The Bertz CT molecular complexity index is 554. The molecule has 0 aliphatic heterocycles. The Kier molecular flexibility index (Phi) is 4.27. The van der Waals surface area contributed by atoms with Gasteiger partial charge in [0.05, 0.1) is 5.69 Å². The molecule has 1 heteroatoms. The summed E-state index contributed by atoms with van der Waals surface area (Å²) in [6.45, 7) is 13.2. The molecule has 0 atom stereocenters. The molecule has 0 N–H and O–H groups in total. The van der Waals surface area contributed by atoms with Crippen LogP contribution in [0.1, 0.15) is 61.9 Å². The van der Waals surface area contributed by atoms with Crippen molar-refractivity contribution in [1.82, 2.24) is 4.98 Å². The van der Waals surface area contributed by atoms with Crippen LogP contribution in [-0.2, 0) is 0 Å². The van der Waals surface area contributed by atoms with Crippen LogP contribution >= 0.6 is 0 Å². The van der Waals surface area contributed by atoms with Crippen LogP contribution in [0.4, 0.5) is 0 Å². The highest BCUT2D eigenvalue weighted by Gasteiger charge is 2.15. The second kappa shape index (κ2) is 5.78. The molecule has 0 radical (unpaired) electrons. The summed E-state index contributed by atoms with van der Waals surface area (Å²) < 4.78 is 0. The minimum absolute atomic E-state index is 0.485. The zero-order valence-corrected chi connectivity index (χ0v) is 13.5. The molecular weight excluding hydrogens is 242 g/mol. The standard InChI is InChI=1S/C19H25N/c1-12(2)16-9-7-14(5)11-18(16)19-17(13(3)4)10-8-15(6)20-19/h7-13H,1-6H3. The fourth-order valence-corrected chi connectivity index (χ4v) is 2.63. The number of hydrogen-bond acceptors (Lipinski definition) is 1. The van der Waals surface area contributed by atoms with E-state index in [1.165, 1.54) is 22.3 Å². The van der Waals surface area contributed by atoms with Gasteiger partial charge in [-0.05, 0) is 48.9 Å². The summed E-state index contributed by atoms with van der Waals surface area (Å²) in [6.07, 6.45) is 0. The van der Waals surface area contributed by atoms with Crippen molar-refractivity contribution in [2.45, 2.75) is 53.4 Å². The van der Waals surface area contributed by atoms with Crippen LogP contribution in [0, 0.1) is 13.8 Å². The van der Waals surface area contributed by atoms with E-state index in [-0.39, 0.29) is 0 Å². The summed E-state index contributed by atoms with van der Waals surface area (Å²) in [4.78, 5) is 4.85. The number of aromatic nitrogens is 1. The maximum Gasteiger partial charge on any atom is 0.0742 e. The Hall–Kier alpha value is -1.63. The molecule has 0 saturated carbocycles. The minimum atomic E-state index is 0.485. The molecule has 0 saturated heterocycles. The third-order valence-corrected chi connectivity index (χ3v) is 3.77. The molecule has 0 aliphatic rings. The first-order valence-electron chi connectivity index (χ1n) is 7.48. The fourth-order valence-electron chi connectivity index (χ4n) is 2.63. The van der Waals surface area contributed by atoms with Crippen LogP contribution in [0.3, 0.4) is 0 Å². The molecule has 1 heterocycles. The van der Waals surface area contributed by atoms with Gasteiger partial charge in [-0.2, -0.15) is 0 Å². The Balaban J connectivity index is 2.73. The van der Waals surface area contributed by atoms with E-state index in [2.05, 4.69) is 71.9 Å². The summed E-state index contributed by atoms with van der Waals surface area (Å²) in [7, 11) is 0. The monoisotopic (exact) mass is 267 g/mol. The summed E-state index contributed by atoms with van der Waals surface area (Å²) in [5, 5.41) is 0. The average molecular weight is 267 g/mol. The zero-order valence-electron chi connectivity index (χ0n) is 13.5. The molecule has 0 spiro atoms. The van der Waals surface area contributed by atoms with Crippen molar-refractivity contribution in [1.29, 1.82) is 0 Å². The Labute approximate surface area is 123 Å². The number of pyridine rings is 1. The van der Waals surface area contributed by atoms with Gasteiger partial charge < -0.3 is 0 Å². The maximum atomic E-state index is 4.85. The summed E-state index contributed by atoms with van der Waals surface area (Å²) in [6, 6.07) is 11.1. The van der Waals surface area contributed by atoms with Crippen molar-refractivity contribution < 1.29 is 0 Å². The summed E-state index contributed by atoms with van der Waals surface area (Å²) in [5.41, 5.74) is 7.56. The third-order valence-electron chi connectivity index (χ3n) is 3.77. The number of nitrogens with zero attached hydrogens (tertiary/aromatic N) is 1. The molecule has 20 heavy (non-hydrogen) atoms. The lowest BCUT2D eigenvalue weighted by Gasteiger charge is -2.18. The molecule has 0 bridgehead atoms. The second-order valence-electron chi connectivity index (χ2n) is 6.29. The van der Waals surface area contributed by atoms with Crippen molar-refractivity contribution in [3.05, 3.63) is 52.7 Å². The van der Waals surface area contributed by atoms with Crippen molar-refractivity contribution >= 4 is 0 Å². The quantitative estimate of drug-likeness (QED) is 0.704. The minimum Gasteiger partial charge on any atom is -0.253 e. The van der Waals surface area contributed by atoms with E-state index in [0.29, 0.717) is 11.8 Å². The van der Waals surface area contributed by atoms with Gasteiger partial charge in [0.25, 0.3) is 0 Å². The lowest BCUT2D eigenvalue weighted by Crippen LogP contribution is -2.01. The Morgan fingerprint density at radius 1 is 0.800 bits per heavy atom. The predicted octanol–water partition coefficient (Wildman–Crippen LogP) is 5.61. The molecule has 1 nitrogen and oxygen atoms in total. The van der Waals surface area contributed by atoms with E-state index in [4.69, 9.17) is 4.98 Å². The predicted molar refractivity (Wildman–Crippen MR) is 87.3 cm³/mol. The first-order valence-corrected chi connectivity index (χ1v) is 7.48. The highest BCUT2D eigenvalue weighted by molar-refractivity contribution is 5.69. The first kappa shape index (κ1) is 14.8. The van der Waals surface area contributed by atoms with Crippen molar-refractivity contribution in [2.24, 2.45) is 0 Å². The highest BCUT2D eigenvalue weighted by atomic mass is 14.7. The average Bonchev–Trinajstić information content (AvgIpc) is 2.37. The normalized spacial score (nSPS) is 11.4. The molecule has 0 aliphatic carbocycles. The molecule has 2 rings (SSSR count). The van der Waals surface area contributed by atoms with Gasteiger partial charge in [0.2, 0.25) is 0 Å². The van der Waals surface area contributed by atoms with Crippen molar-refractivity contribution in [2.75, 3.05) is 0 Å². The van der Waals surface area contributed by atoms with Crippen molar-refractivity contribution in [3.63, 3.8) is 0 Å². The van der Waals surface area contributed by atoms with Crippen LogP contribution in [0.25, 0.3) is 11.3 Å². The van der Waals surface area contributed by atoms with E-state index in [1.807, 2.05) is 0 Å². The zero-order chi connectivity index (χ0) is 14.9. The fraction of sp³-hybridized carbons (Fsp3) is 0.421. The van der Waals surface area contributed by atoms with Crippen LogP contribution in [-0.4, -0.2) is 4.98 Å². The van der Waals surface area contributed by atoms with Gasteiger partial charge >= 0.3 is 0 Å². The number of rotatable bonds is 3. The van der Waals surface area contributed by atoms with Crippen LogP contribution in [0.5, 0.6) is 0 Å². The van der Waals surface area contributed by atoms with Gasteiger partial charge in [0.15, 0.2) is 0 Å². The Morgan fingerprint density at radius 2 is 1.40 bits per heavy atom. The Morgan fingerprint density at radius 3 is 2.00 bits per heavy atom. The number of aryl methyl sites for hydroxylation is 2. The van der Waals surface area contributed by atoms with E-state index in [0.717, 1.165) is 11.4 Å². The molecule has 1 aromatic carbocycles. The van der Waals surface area contributed by atoms with Gasteiger partial charge in [-0.15, -0.1) is 0 Å². The topological polar surface area (TPSA) is 12.9 Å². The van der Waals surface area contributed by atoms with Crippen LogP contribution in [0.2, 0.25) is 0 Å². The molecule has 0 unspecified atom stereocenters. The van der Waals surface area contributed by atoms with Gasteiger partial charge in [-0.1, -0.05) is 51.5 Å². The number of benzene rings is 1. The number of hydrogen-bond donors (Lipinski definition) is 0. The van der Waals surface area contributed by atoms with E-state index < -0.39 is 0 Å². The first-order chi connectivity index (χ1) is 9.40. The molecule has 2 aromatic rings. The van der Waals surface area contributed by atoms with Gasteiger partial charge in [0.1, 0.15) is 0 Å². The molecular formula is C19H25N. The van der Waals surface area contributed by atoms with Gasteiger partial charge in [-0.3, -0.25) is 4.98 Å². The van der Waals surface area contributed by atoms with E-state index in [1.54, 1.807) is 0 Å². The van der Waals surface area contributed by atoms with E-state index >= 15 is 0 Å². The lowest BCUT2D eigenvalue weighted by molar-refractivity contribution is 0.847. The van der Waals surface area contributed by atoms with E-state index in [9.17, 15) is 0 Å². The van der Waals surface area contributed by atoms with Gasteiger partial charge in [0, 0.05) is 11.3 Å². The third kappa shape index (κ3) is 2.92. The highest BCUT2D eigenvalue weighted by Crippen LogP contribution is 2.34. The summed E-state index contributed by atoms with van der Waals surface area (Å²) >= 11 is 0. The molecule has 0 fully saturated rings. The molecule has 106 valence electrons. The smallest absolute Gasteiger partial charge is 0.0742 e. The SMILES string of the molecule is Cc1ccc(C(C)C)c(-c2nc(C)ccc2C(C)C)c1. The molecule has 1 aromatic heterocycles. The van der Waals surface area contributed by atoms with Crippen LogP contribution in [0.15, 0.2) is 30.3 Å². The van der Waals surface area contributed by atoms with Crippen molar-refractivity contribution in [3.8, 4) is 11.3 Å². The van der Waals surface area contributed by atoms with Gasteiger partial charge in [-0.25, -0.2) is 0 Å². The maximum absolute atomic E-state index is 4.85.